The van der Waals surface area contributed by atoms with Crippen molar-refractivity contribution in [3.8, 4) is 0 Å². The van der Waals surface area contributed by atoms with Crippen LogP contribution in [0, 0.1) is 5.92 Å². The van der Waals surface area contributed by atoms with Crippen LogP contribution in [0.5, 0.6) is 0 Å². The predicted octanol–water partition coefficient (Wildman–Crippen LogP) is 2.42. The van der Waals surface area contributed by atoms with E-state index in [0.29, 0.717) is 23.4 Å². The van der Waals surface area contributed by atoms with Gasteiger partial charge in [-0.15, -0.1) is 0 Å². The van der Waals surface area contributed by atoms with Crippen LogP contribution in [0.2, 0.25) is 0 Å². The molecule has 0 radical (unpaired) electrons. The molecule has 2 fully saturated rings. The van der Waals surface area contributed by atoms with Gasteiger partial charge in [0.25, 0.3) is 5.91 Å². The Morgan fingerprint density at radius 1 is 1.26 bits per heavy atom. The maximum Gasteiger partial charge on any atom is 0.326 e. The van der Waals surface area contributed by atoms with E-state index in [9.17, 15) is 14.7 Å². The highest BCUT2D eigenvalue weighted by Gasteiger charge is 2.47. The molecule has 0 unspecified atom stereocenters. The molecule has 1 aliphatic heterocycles. The summed E-state index contributed by atoms with van der Waals surface area (Å²) in [4.78, 5) is 26.5. The second-order valence-corrected chi connectivity index (χ2v) is 6.55. The first-order chi connectivity index (χ1) is 11.2. The lowest BCUT2D eigenvalue weighted by Crippen LogP contribution is -2.46. The maximum atomic E-state index is 13.1. The van der Waals surface area contributed by atoms with Crippen LogP contribution in [0.4, 0.5) is 0 Å². The Hall–Kier alpha value is -2.37. The van der Waals surface area contributed by atoms with E-state index in [-0.39, 0.29) is 11.9 Å². The number of amides is 1. The van der Waals surface area contributed by atoms with Crippen LogP contribution >= 0.6 is 0 Å². The Bertz CT molecular complexity index is 769. The number of likely N-dealkylation sites (tertiary alicyclic amines) is 1. The number of para-hydroxylation sites is 1. The highest BCUT2D eigenvalue weighted by Crippen LogP contribution is 2.40. The van der Waals surface area contributed by atoms with Crippen molar-refractivity contribution < 1.29 is 14.7 Å². The number of carboxylic acids is 1. The van der Waals surface area contributed by atoms with Crippen molar-refractivity contribution in [2.75, 3.05) is 0 Å². The van der Waals surface area contributed by atoms with E-state index < -0.39 is 12.0 Å². The second kappa shape index (κ2) is 5.37. The zero-order chi connectivity index (χ0) is 16.0. The third-order valence-corrected chi connectivity index (χ3v) is 5.31. The van der Waals surface area contributed by atoms with Crippen LogP contribution < -0.4 is 0 Å². The van der Waals surface area contributed by atoms with Crippen molar-refractivity contribution >= 4 is 22.8 Å². The molecule has 1 aromatic carbocycles. The second-order valence-electron chi connectivity index (χ2n) is 6.55. The van der Waals surface area contributed by atoms with Crippen molar-refractivity contribution in [3.05, 3.63) is 30.0 Å². The summed E-state index contributed by atoms with van der Waals surface area (Å²) in [5.74, 6) is -0.777. The van der Waals surface area contributed by atoms with Gasteiger partial charge in [-0.25, -0.2) is 4.79 Å². The van der Waals surface area contributed by atoms with Crippen molar-refractivity contribution in [1.82, 2.24) is 15.1 Å². The van der Waals surface area contributed by atoms with Crippen LogP contribution in [-0.4, -0.2) is 44.2 Å². The average molecular weight is 313 g/mol. The molecule has 6 nitrogen and oxygen atoms in total. The van der Waals surface area contributed by atoms with Gasteiger partial charge in [-0.05, 0) is 31.2 Å². The summed E-state index contributed by atoms with van der Waals surface area (Å²) in [5, 5.41) is 17.3. The fourth-order valence-electron chi connectivity index (χ4n) is 4.26. The van der Waals surface area contributed by atoms with Gasteiger partial charge in [-0.2, -0.15) is 5.10 Å². The minimum atomic E-state index is -0.899. The summed E-state index contributed by atoms with van der Waals surface area (Å²) in [6.07, 6.45) is 6.36. The standard InChI is InChI=1S/C17H19N3O3/c21-16(12-6-3-5-11-9-18-19-15(11)12)20-13-7-2-1-4-10(13)8-14(20)17(22)23/h3,5-6,9-10,13-14H,1-2,4,7-8H2,(H,18,19)(H,22,23)/t10-,13+,14-/m0/s1. The third kappa shape index (κ3) is 2.20. The predicted molar refractivity (Wildman–Crippen MR) is 84.1 cm³/mol. The van der Waals surface area contributed by atoms with Crippen LogP contribution in [0.1, 0.15) is 42.5 Å². The summed E-state index contributed by atoms with van der Waals surface area (Å²) in [6.45, 7) is 0. The molecule has 2 heterocycles. The number of benzene rings is 1. The highest BCUT2D eigenvalue weighted by atomic mass is 16.4. The van der Waals surface area contributed by atoms with Crippen molar-refractivity contribution in [2.45, 2.75) is 44.2 Å². The molecule has 1 saturated carbocycles. The summed E-state index contributed by atoms with van der Waals surface area (Å²) in [6, 6.07) is 4.79. The molecule has 4 rings (SSSR count). The Morgan fingerprint density at radius 2 is 2.09 bits per heavy atom. The van der Waals surface area contributed by atoms with Crippen LogP contribution in [0.3, 0.4) is 0 Å². The molecule has 1 aromatic heterocycles. The lowest BCUT2D eigenvalue weighted by molar-refractivity contribution is -0.141. The Kier molecular flexibility index (Phi) is 3.32. The minimum absolute atomic E-state index is 0.0514. The normalized spacial score (nSPS) is 27.1. The number of H-pyrrole nitrogens is 1. The Labute approximate surface area is 133 Å². The van der Waals surface area contributed by atoms with Gasteiger partial charge >= 0.3 is 5.97 Å². The Balaban J connectivity index is 1.75. The van der Waals surface area contributed by atoms with E-state index in [4.69, 9.17) is 0 Å². The zero-order valence-corrected chi connectivity index (χ0v) is 12.7. The fraction of sp³-hybridized carbons (Fsp3) is 0.471. The highest BCUT2D eigenvalue weighted by molar-refractivity contribution is 6.06. The molecule has 0 spiro atoms. The first kappa shape index (κ1) is 14.2. The smallest absolute Gasteiger partial charge is 0.326 e. The molecule has 1 aliphatic carbocycles. The van der Waals surface area contributed by atoms with Gasteiger partial charge in [-0.3, -0.25) is 9.89 Å². The number of hydrogen-bond acceptors (Lipinski definition) is 3. The van der Waals surface area contributed by atoms with E-state index in [2.05, 4.69) is 10.2 Å². The number of carbonyl (C=O) groups excluding carboxylic acids is 1. The molecule has 2 N–H and O–H groups in total. The van der Waals surface area contributed by atoms with Crippen LogP contribution in [0.15, 0.2) is 24.4 Å². The summed E-state index contributed by atoms with van der Waals surface area (Å²) in [7, 11) is 0. The monoisotopic (exact) mass is 313 g/mol. The zero-order valence-electron chi connectivity index (χ0n) is 12.7. The van der Waals surface area contributed by atoms with Gasteiger partial charge in [0.1, 0.15) is 6.04 Å². The molecule has 120 valence electrons. The Morgan fingerprint density at radius 3 is 2.91 bits per heavy atom. The van der Waals surface area contributed by atoms with Gasteiger partial charge in [0.15, 0.2) is 0 Å². The van der Waals surface area contributed by atoms with Crippen LogP contribution in [0.25, 0.3) is 10.9 Å². The lowest BCUT2D eigenvalue weighted by Gasteiger charge is -2.33. The van der Waals surface area contributed by atoms with E-state index >= 15 is 0 Å². The molecule has 23 heavy (non-hydrogen) atoms. The molecular weight excluding hydrogens is 294 g/mol. The average Bonchev–Trinajstić information content (AvgIpc) is 3.18. The molecule has 1 amide bonds. The number of nitrogens with zero attached hydrogens (tertiary/aromatic N) is 2. The lowest BCUT2D eigenvalue weighted by atomic mass is 9.84. The quantitative estimate of drug-likeness (QED) is 0.891. The molecular formula is C17H19N3O3. The first-order valence-electron chi connectivity index (χ1n) is 8.14. The molecule has 0 bridgehead atoms. The van der Waals surface area contributed by atoms with E-state index in [1.165, 1.54) is 0 Å². The van der Waals surface area contributed by atoms with Gasteiger partial charge in [0.05, 0.1) is 17.3 Å². The van der Waals surface area contributed by atoms with Gasteiger partial charge in [-0.1, -0.05) is 25.0 Å². The van der Waals surface area contributed by atoms with Crippen LogP contribution in [-0.2, 0) is 4.79 Å². The number of nitrogens with one attached hydrogen (secondary N) is 1. The number of carboxylic acid groups (broad SMARTS) is 1. The number of aromatic nitrogens is 2. The van der Waals surface area contributed by atoms with Crippen molar-refractivity contribution in [2.24, 2.45) is 5.92 Å². The van der Waals surface area contributed by atoms with E-state index in [1.54, 1.807) is 17.2 Å². The van der Waals surface area contributed by atoms with Crippen molar-refractivity contribution in [3.63, 3.8) is 0 Å². The topological polar surface area (TPSA) is 86.3 Å². The SMILES string of the molecule is O=C(O)[C@@H]1C[C@@H]2CCCC[C@H]2N1C(=O)c1cccc2cn[nH]c12. The summed E-state index contributed by atoms with van der Waals surface area (Å²) >= 11 is 0. The minimum Gasteiger partial charge on any atom is -0.480 e. The van der Waals surface area contributed by atoms with E-state index in [1.807, 2.05) is 12.1 Å². The van der Waals surface area contributed by atoms with Gasteiger partial charge in [0.2, 0.25) is 0 Å². The number of hydrogen-bond donors (Lipinski definition) is 2. The van der Waals surface area contributed by atoms with Gasteiger partial charge < -0.3 is 10.0 Å². The molecule has 1 saturated heterocycles. The maximum absolute atomic E-state index is 13.1. The van der Waals surface area contributed by atoms with Gasteiger partial charge in [0, 0.05) is 11.4 Å². The molecule has 3 atom stereocenters. The molecule has 2 aliphatic rings. The summed E-state index contributed by atoms with van der Waals surface area (Å²) in [5.41, 5.74) is 1.19. The number of carbonyl (C=O) groups is 2. The first-order valence-corrected chi connectivity index (χ1v) is 8.14. The summed E-state index contributed by atoms with van der Waals surface area (Å²) < 4.78 is 0. The largest absolute Gasteiger partial charge is 0.480 e. The third-order valence-electron chi connectivity index (χ3n) is 5.31. The number of aliphatic carboxylic acids is 1. The fourth-order valence-corrected chi connectivity index (χ4v) is 4.26. The van der Waals surface area contributed by atoms with E-state index in [0.717, 1.165) is 31.1 Å². The number of aromatic amines is 1. The van der Waals surface area contributed by atoms with Crippen molar-refractivity contribution in [1.29, 1.82) is 0 Å². The molecule has 2 aromatic rings. The number of fused-ring (bicyclic) bond motifs is 2. The molecule has 6 heteroatoms. The number of rotatable bonds is 2.